The molecule has 2 atom stereocenters. The van der Waals surface area contributed by atoms with Crippen LogP contribution in [-0.4, -0.2) is 34.7 Å². The van der Waals surface area contributed by atoms with Crippen molar-refractivity contribution in [3.63, 3.8) is 0 Å². The Labute approximate surface area is 181 Å². The van der Waals surface area contributed by atoms with Gasteiger partial charge in [-0.05, 0) is 37.1 Å². The van der Waals surface area contributed by atoms with E-state index in [-0.39, 0.29) is 40.7 Å². The van der Waals surface area contributed by atoms with Crippen molar-refractivity contribution in [1.82, 2.24) is 10.6 Å². The number of carbonyl (C=O) groups is 3. The van der Waals surface area contributed by atoms with Crippen molar-refractivity contribution in [3.05, 3.63) is 72.2 Å². The summed E-state index contributed by atoms with van der Waals surface area (Å²) < 4.78 is 0. The zero-order valence-corrected chi connectivity index (χ0v) is 17.5. The molecular formula is C22H26MnN2O4. The zero-order chi connectivity index (χ0) is 20.4. The van der Waals surface area contributed by atoms with Gasteiger partial charge in [0.2, 0.25) is 0 Å². The maximum absolute atomic E-state index is 11.8. The van der Waals surface area contributed by atoms with Crippen LogP contribution in [0.3, 0.4) is 0 Å². The maximum Gasteiger partial charge on any atom is 0.300 e. The number of nitrogens with one attached hydrogen (secondary N) is 2. The molecule has 0 saturated heterocycles. The first-order chi connectivity index (χ1) is 13.5. The summed E-state index contributed by atoms with van der Waals surface area (Å²) in [6.45, 7) is 1.08. The molecule has 1 saturated carbocycles. The molecule has 0 aromatic rings. The molecule has 3 N–H and O–H groups in total. The van der Waals surface area contributed by atoms with Gasteiger partial charge >= 0.3 is 0 Å². The van der Waals surface area contributed by atoms with Crippen LogP contribution in [0.5, 0.6) is 0 Å². The summed E-state index contributed by atoms with van der Waals surface area (Å²) in [6.07, 6.45) is 22.1. The maximum atomic E-state index is 11.8. The second kappa shape index (κ2) is 12.8. The minimum absolute atomic E-state index is 0. The predicted molar refractivity (Wildman–Crippen MR) is 108 cm³/mol. The first kappa shape index (κ1) is 24.4. The Morgan fingerprint density at radius 2 is 1.21 bits per heavy atom. The van der Waals surface area contributed by atoms with Crippen LogP contribution in [0.15, 0.2) is 72.2 Å². The third-order valence-corrected chi connectivity index (χ3v) is 4.51. The van der Waals surface area contributed by atoms with E-state index in [1.54, 1.807) is 24.3 Å². The van der Waals surface area contributed by atoms with Gasteiger partial charge in [0.05, 0.1) is 0 Å². The Balaban J connectivity index is 0.000000771. The molecule has 0 aromatic heterocycles. The summed E-state index contributed by atoms with van der Waals surface area (Å²) in [5.41, 5.74) is 1.35. The van der Waals surface area contributed by atoms with E-state index in [1.807, 2.05) is 36.7 Å². The molecule has 0 aromatic carbocycles. The zero-order valence-electron chi connectivity index (χ0n) is 16.3. The van der Waals surface area contributed by atoms with Crippen LogP contribution in [-0.2, 0) is 31.5 Å². The fourth-order valence-corrected chi connectivity index (χ4v) is 3.12. The van der Waals surface area contributed by atoms with E-state index in [4.69, 9.17) is 9.90 Å². The van der Waals surface area contributed by atoms with E-state index in [0.717, 1.165) is 19.8 Å². The molecule has 0 heterocycles. The molecule has 0 bridgehead atoms. The molecule has 1 fully saturated rings. The largest absolute Gasteiger partial charge is 0.481 e. The molecule has 0 amide bonds. The molecule has 3 rings (SSSR count). The molecule has 2 unspecified atom stereocenters. The molecule has 0 aliphatic heterocycles. The van der Waals surface area contributed by atoms with Gasteiger partial charge in [-0.25, -0.2) is 0 Å². The van der Waals surface area contributed by atoms with E-state index in [0.29, 0.717) is 11.1 Å². The number of carbonyl (C=O) groups excluding carboxylic acids is 2. The van der Waals surface area contributed by atoms with Crippen LogP contribution < -0.4 is 10.6 Å². The van der Waals surface area contributed by atoms with Gasteiger partial charge in [-0.2, -0.15) is 0 Å². The van der Waals surface area contributed by atoms with Crippen molar-refractivity contribution >= 4 is 17.5 Å². The summed E-state index contributed by atoms with van der Waals surface area (Å²) >= 11 is 0. The molecule has 3 aliphatic carbocycles. The van der Waals surface area contributed by atoms with E-state index >= 15 is 0 Å². The number of rotatable bonds is 4. The first-order valence-corrected chi connectivity index (χ1v) is 9.37. The number of aliphatic carboxylic acids is 1. The SMILES string of the molecule is CC(=O)O.O=C1C=CC=C/C1=C/NC1CCCCC1N/C=C1/C=CC=CC1=O.[Mn]. The van der Waals surface area contributed by atoms with Gasteiger partial charge in [-0.15, -0.1) is 0 Å². The number of carboxylic acid groups (broad SMARTS) is 1. The van der Waals surface area contributed by atoms with Crippen LogP contribution in [0, 0.1) is 0 Å². The number of carboxylic acids is 1. The minimum Gasteiger partial charge on any atom is -0.481 e. The van der Waals surface area contributed by atoms with Crippen LogP contribution in [0.1, 0.15) is 32.6 Å². The molecule has 155 valence electrons. The van der Waals surface area contributed by atoms with Gasteiger partial charge in [0.15, 0.2) is 11.6 Å². The average Bonchev–Trinajstić information content (AvgIpc) is 2.67. The smallest absolute Gasteiger partial charge is 0.300 e. The topological polar surface area (TPSA) is 95.5 Å². The van der Waals surface area contributed by atoms with Crippen molar-refractivity contribution in [2.24, 2.45) is 0 Å². The fraction of sp³-hybridized carbons (Fsp3) is 0.318. The van der Waals surface area contributed by atoms with Gasteiger partial charge in [-0.3, -0.25) is 14.4 Å². The van der Waals surface area contributed by atoms with Crippen LogP contribution >= 0.6 is 0 Å². The van der Waals surface area contributed by atoms with Crippen LogP contribution in [0.25, 0.3) is 0 Å². The third kappa shape index (κ3) is 8.50. The van der Waals surface area contributed by atoms with Gasteiger partial charge < -0.3 is 15.7 Å². The average molecular weight is 437 g/mol. The molecule has 6 nitrogen and oxygen atoms in total. The van der Waals surface area contributed by atoms with Gasteiger partial charge in [0.1, 0.15) is 0 Å². The number of allylic oxidation sites excluding steroid dienone is 10. The Morgan fingerprint density at radius 3 is 1.55 bits per heavy atom. The summed E-state index contributed by atoms with van der Waals surface area (Å²) in [7, 11) is 0. The fourth-order valence-electron chi connectivity index (χ4n) is 3.12. The van der Waals surface area contributed by atoms with Crippen molar-refractivity contribution in [3.8, 4) is 0 Å². The van der Waals surface area contributed by atoms with Crippen LogP contribution in [0.2, 0.25) is 0 Å². The second-order valence-corrected chi connectivity index (χ2v) is 6.71. The van der Waals surface area contributed by atoms with Crippen molar-refractivity contribution in [2.75, 3.05) is 0 Å². The second-order valence-electron chi connectivity index (χ2n) is 6.71. The number of hydrogen-bond acceptors (Lipinski definition) is 5. The Kier molecular flexibility index (Phi) is 10.7. The van der Waals surface area contributed by atoms with Crippen molar-refractivity contribution in [2.45, 2.75) is 44.7 Å². The standard InChI is InChI=1S/C20H22N2O2.C2H4O2.Mn/c23-19-11-5-1-7-15(19)13-21-17-9-3-4-10-18(17)22-14-16-8-2-6-12-20(16)24;1-2(3)4;/h1-2,5-8,11-14,17-18,21-22H,3-4,9-10H2;1H3,(H,3,4);/b15-13-,16-14-;;. The summed E-state index contributed by atoms with van der Waals surface area (Å²) in [5, 5.41) is 14.2. The predicted octanol–water partition coefficient (Wildman–Crippen LogP) is 2.72. The molecular weight excluding hydrogens is 411 g/mol. The van der Waals surface area contributed by atoms with Gasteiger partial charge in [-0.1, -0.05) is 37.1 Å². The summed E-state index contributed by atoms with van der Waals surface area (Å²) in [4.78, 5) is 32.6. The normalized spacial score (nSPS) is 25.3. The quantitative estimate of drug-likeness (QED) is 0.463. The van der Waals surface area contributed by atoms with Crippen molar-refractivity contribution in [1.29, 1.82) is 0 Å². The summed E-state index contributed by atoms with van der Waals surface area (Å²) in [6, 6.07) is 0.488. The van der Waals surface area contributed by atoms with Gasteiger partial charge in [0, 0.05) is 59.6 Å². The Morgan fingerprint density at radius 1 is 0.862 bits per heavy atom. The minimum atomic E-state index is -0.833. The van der Waals surface area contributed by atoms with E-state index in [1.165, 1.54) is 12.8 Å². The molecule has 1 radical (unpaired) electrons. The van der Waals surface area contributed by atoms with E-state index < -0.39 is 5.97 Å². The Hall–Kier alpha value is -2.63. The third-order valence-electron chi connectivity index (χ3n) is 4.51. The molecule has 7 heteroatoms. The van der Waals surface area contributed by atoms with Crippen LogP contribution in [0.4, 0.5) is 0 Å². The molecule has 0 spiro atoms. The molecule has 3 aliphatic rings. The first-order valence-electron chi connectivity index (χ1n) is 9.37. The van der Waals surface area contributed by atoms with Crippen molar-refractivity contribution < 1.29 is 36.6 Å². The molecule has 29 heavy (non-hydrogen) atoms. The summed E-state index contributed by atoms with van der Waals surface area (Å²) in [5.74, 6) is -0.783. The van der Waals surface area contributed by atoms with Gasteiger partial charge in [0.25, 0.3) is 5.97 Å². The monoisotopic (exact) mass is 437 g/mol. The Bertz CT molecular complexity index is 727. The number of hydrogen-bond donors (Lipinski definition) is 3. The van der Waals surface area contributed by atoms with E-state index in [9.17, 15) is 9.59 Å². The van der Waals surface area contributed by atoms with E-state index in [2.05, 4.69) is 10.6 Å². The number of ketones is 2.